The number of carbonyl (C=O) groups is 1. The second-order valence-corrected chi connectivity index (χ2v) is 3.45. The molecular formula is C10H11N3O3. The molecule has 0 bridgehead atoms. The molecule has 0 radical (unpaired) electrons. The lowest BCUT2D eigenvalue weighted by atomic mass is 10.2. The maximum Gasteiger partial charge on any atom is 0.261 e. The third-order valence-electron chi connectivity index (χ3n) is 2.27. The van der Waals surface area contributed by atoms with Crippen LogP contribution in [0.15, 0.2) is 15.2 Å². The Hall–Kier alpha value is -2.11. The van der Waals surface area contributed by atoms with Gasteiger partial charge in [0.1, 0.15) is 22.7 Å². The van der Waals surface area contributed by atoms with Crippen LogP contribution in [0, 0.1) is 20.8 Å². The normalized spacial score (nSPS) is 10.4. The summed E-state index contributed by atoms with van der Waals surface area (Å²) in [5.74, 6) is 0.761. The molecule has 0 unspecified atom stereocenters. The molecule has 0 saturated heterocycles. The van der Waals surface area contributed by atoms with Crippen molar-refractivity contribution in [1.29, 1.82) is 0 Å². The second kappa shape index (κ2) is 3.80. The van der Waals surface area contributed by atoms with Crippen molar-refractivity contribution in [3.05, 3.63) is 29.0 Å². The average Bonchev–Trinajstić information content (AvgIpc) is 2.79. The van der Waals surface area contributed by atoms with E-state index in [-0.39, 0.29) is 5.91 Å². The van der Waals surface area contributed by atoms with E-state index in [1.54, 1.807) is 20.8 Å². The quantitative estimate of drug-likeness (QED) is 0.836. The summed E-state index contributed by atoms with van der Waals surface area (Å²) in [4.78, 5) is 11.8. The summed E-state index contributed by atoms with van der Waals surface area (Å²) in [7, 11) is 0. The lowest BCUT2D eigenvalue weighted by molar-refractivity contribution is 0.102. The van der Waals surface area contributed by atoms with Gasteiger partial charge in [-0.15, -0.1) is 0 Å². The molecule has 0 fully saturated rings. The van der Waals surface area contributed by atoms with Crippen LogP contribution in [-0.4, -0.2) is 16.2 Å². The Balaban J connectivity index is 2.24. The summed E-state index contributed by atoms with van der Waals surface area (Å²) < 4.78 is 9.76. The maximum atomic E-state index is 11.8. The van der Waals surface area contributed by atoms with Crippen LogP contribution >= 0.6 is 0 Å². The minimum absolute atomic E-state index is 0.284. The van der Waals surface area contributed by atoms with Gasteiger partial charge in [-0.05, 0) is 20.8 Å². The van der Waals surface area contributed by atoms with Crippen molar-refractivity contribution in [2.75, 3.05) is 5.32 Å². The van der Waals surface area contributed by atoms with Crippen molar-refractivity contribution in [1.82, 2.24) is 10.3 Å². The summed E-state index contributed by atoms with van der Waals surface area (Å²) >= 11 is 0. The highest BCUT2D eigenvalue weighted by molar-refractivity contribution is 6.05. The number of nitrogens with zero attached hydrogens (tertiary/aromatic N) is 2. The molecular weight excluding hydrogens is 210 g/mol. The molecule has 0 aliphatic carbocycles. The van der Waals surface area contributed by atoms with E-state index in [4.69, 9.17) is 9.05 Å². The van der Waals surface area contributed by atoms with Crippen molar-refractivity contribution in [2.24, 2.45) is 0 Å². The smallest absolute Gasteiger partial charge is 0.261 e. The van der Waals surface area contributed by atoms with Gasteiger partial charge in [-0.1, -0.05) is 10.3 Å². The SMILES string of the molecule is Cc1noc(C)c1NC(=O)c1cnoc1C. The molecule has 16 heavy (non-hydrogen) atoms. The van der Waals surface area contributed by atoms with Gasteiger partial charge >= 0.3 is 0 Å². The van der Waals surface area contributed by atoms with Crippen molar-refractivity contribution < 1.29 is 13.8 Å². The van der Waals surface area contributed by atoms with Gasteiger partial charge in [0.05, 0.1) is 6.20 Å². The van der Waals surface area contributed by atoms with Gasteiger partial charge in [0, 0.05) is 0 Å². The fourth-order valence-electron chi connectivity index (χ4n) is 1.36. The van der Waals surface area contributed by atoms with Crippen LogP contribution in [0.25, 0.3) is 0 Å². The number of hydrogen-bond donors (Lipinski definition) is 1. The first-order valence-corrected chi connectivity index (χ1v) is 4.75. The number of hydrogen-bond acceptors (Lipinski definition) is 5. The number of anilines is 1. The molecule has 0 aliphatic rings. The molecule has 1 N–H and O–H groups in total. The standard InChI is InChI=1S/C10H11N3O3/c1-5-9(7(3)16-13-5)12-10(14)8-4-11-15-6(8)2/h4H,1-3H3,(H,12,14). The topological polar surface area (TPSA) is 81.2 Å². The molecule has 0 saturated carbocycles. The molecule has 6 heteroatoms. The van der Waals surface area contributed by atoms with Crippen LogP contribution in [0.4, 0.5) is 5.69 Å². The Morgan fingerprint density at radius 2 is 2.00 bits per heavy atom. The van der Waals surface area contributed by atoms with E-state index >= 15 is 0 Å². The number of carbonyl (C=O) groups excluding carboxylic acids is 1. The van der Waals surface area contributed by atoms with E-state index < -0.39 is 0 Å². The molecule has 2 heterocycles. The first-order chi connectivity index (χ1) is 7.59. The van der Waals surface area contributed by atoms with E-state index in [9.17, 15) is 4.79 Å². The Labute approximate surface area is 91.6 Å². The summed E-state index contributed by atoms with van der Waals surface area (Å²) in [5, 5.41) is 9.99. The summed E-state index contributed by atoms with van der Waals surface area (Å²) in [6.07, 6.45) is 1.38. The van der Waals surface area contributed by atoms with Gasteiger partial charge < -0.3 is 14.4 Å². The fraction of sp³-hybridized carbons (Fsp3) is 0.300. The Morgan fingerprint density at radius 3 is 2.50 bits per heavy atom. The number of rotatable bonds is 2. The monoisotopic (exact) mass is 221 g/mol. The molecule has 1 amide bonds. The third-order valence-corrected chi connectivity index (χ3v) is 2.27. The lowest BCUT2D eigenvalue weighted by Gasteiger charge is -2.01. The summed E-state index contributed by atoms with van der Waals surface area (Å²) in [6.45, 7) is 5.16. The van der Waals surface area contributed by atoms with Crippen molar-refractivity contribution >= 4 is 11.6 Å². The van der Waals surface area contributed by atoms with Crippen molar-refractivity contribution in [2.45, 2.75) is 20.8 Å². The molecule has 0 spiro atoms. The Kier molecular flexibility index (Phi) is 2.47. The van der Waals surface area contributed by atoms with Gasteiger partial charge in [-0.3, -0.25) is 4.79 Å². The fourth-order valence-corrected chi connectivity index (χ4v) is 1.36. The minimum Gasteiger partial charge on any atom is -0.361 e. The predicted molar refractivity (Wildman–Crippen MR) is 55.2 cm³/mol. The molecule has 84 valence electrons. The molecule has 0 aromatic carbocycles. The van der Waals surface area contributed by atoms with Crippen LogP contribution in [0.1, 0.15) is 27.6 Å². The second-order valence-electron chi connectivity index (χ2n) is 3.45. The molecule has 2 aromatic heterocycles. The van der Waals surface area contributed by atoms with Crippen LogP contribution < -0.4 is 5.32 Å². The van der Waals surface area contributed by atoms with Crippen molar-refractivity contribution in [3.8, 4) is 0 Å². The van der Waals surface area contributed by atoms with Gasteiger partial charge in [0.15, 0.2) is 5.76 Å². The van der Waals surface area contributed by atoms with Crippen LogP contribution in [0.5, 0.6) is 0 Å². The molecule has 2 aromatic rings. The maximum absolute atomic E-state index is 11.8. The van der Waals surface area contributed by atoms with E-state index in [2.05, 4.69) is 15.6 Å². The van der Waals surface area contributed by atoms with E-state index in [0.29, 0.717) is 28.5 Å². The Morgan fingerprint density at radius 1 is 1.25 bits per heavy atom. The van der Waals surface area contributed by atoms with E-state index in [1.165, 1.54) is 6.20 Å². The molecule has 0 atom stereocenters. The zero-order valence-corrected chi connectivity index (χ0v) is 9.20. The van der Waals surface area contributed by atoms with Gasteiger partial charge in [-0.2, -0.15) is 0 Å². The largest absolute Gasteiger partial charge is 0.361 e. The predicted octanol–water partition coefficient (Wildman–Crippen LogP) is 1.84. The lowest BCUT2D eigenvalue weighted by Crippen LogP contribution is -2.13. The number of aryl methyl sites for hydroxylation is 3. The van der Waals surface area contributed by atoms with Gasteiger partial charge in [-0.25, -0.2) is 0 Å². The summed E-state index contributed by atoms with van der Waals surface area (Å²) in [5.41, 5.74) is 1.63. The summed E-state index contributed by atoms with van der Waals surface area (Å²) in [6, 6.07) is 0. The van der Waals surface area contributed by atoms with Crippen LogP contribution in [-0.2, 0) is 0 Å². The number of aromatic nitrogens is 2. The first kappa shape index (κ1) is 10.4. The minimum atomic E-state index is -0.284. The average molecular weight is 221 g/mol. The van der Waals surface area contributed by atoms with Gasteiger partial charge in [0.2, 0.25) is 0 Å². The Bertz CT molecular complexity index is 508. The number of nitrogens with one attached hydrogen (secondary N) is 1. The van der Waals surface area contributed by atoms with Crippen molar-refractivity contribution in [3.63, 3.8) is 0 Å². The highest BCUT2D eigenvalue weighted by Crippen LogP contribution is 2.20. The third kappa shape index (κ3) is 1.69. The van der Waals surface area contributed by atoms with Crippen LogP contribution in [0.2, 0.25) is 0 Å². The first-order valence-electron chi connectivity index (χ1n) is 4.75. The highest BCUT2D eigenvalue weighted by Gasteiger charge is 2.17. The van der Waals surface area contributed by atoms with Crippen LogP contribution in [0.3, 0.4) is 0 Å². The number of amides is 1. The van der Waals surface area contributed by atoms with Gasteiger partial charge in [0.25, 0.3) is 5.91 Å². The van der Waals surface area contributed by atoms with E-state index in [1.807, 2.05) is 0 Å². The molecule has 2 rings (SSSR count). The van der Waals surface area contributed by atoms with E-state index in [0.717, 1.165) is 0 Å². The zero-order valence-electron chi connectivity index (χ0n) is 9.20. The zero-order chi connectivity index (χ0) is 11.7. The molecule has 6 nitrogen and oxygen atoms in total. The molecule has 0 aliphatic heterocycles. The highest BCUT2D eigenvalue weighted by atomic mass is 16.5.